The van der Waals surface area contributed by atoms with Crippen molar-refractivity contribution in [1.29, 1.82) is 0 Å². The van der Waals surface area contributed by atoms with E-state index < -0.39 is 0 Å². The van der Waals surface area contributed by atoms with E-state index in [0.717, 1.165) is 6.54 Å². The Hall–Kier alpha value is -0.730. The van der Waals surface area contributed by atoms with Crippen LogP contribution in [-0.4, -0.2) is 36.0 Å². The minimum absolute atomic E-state index is 0.515. The Morgan fingerprint density at radius 2 is 1.81 bits per heavy atom. The molecule has 1 aliphatic rings. The summed E-state index contributed by atoms with van der Waals surface area (Å²) in [7, 11) is 2.13. The maximum atomic E-state index is 4.48. The Kier molecular flexibility index (Phi) is 6.27. The molecule has 0 radical (unpaired) electrons. The van der Waals surface area contributed by atoms with E-state index in [-0.39, 0.29) is 0 Å². The van der Waals surface area contributed by atoms with E-state index in [4.69, 9.17) is 0 Å². The summed E-state index contributed by atoms with van der Waals surface area (Å²) in [4.78, 5) is 2.25. The lowest BCUT2D eigenvalue weighted by Gasteiger charge is -2.28. The molecule has 3 nitrogen and oxygen atoms in total. The first-order chi connectivity index (χ1) is 7.79. The Morgan fingerprint density at radius 3 is 2.50 bits per heavy atom. The highest BCUT2D eigenvalue weighted by molar-refractivity contribution is 5.56. The van der Waals surface area contributed by atoms with Gasteiger partial charge in [-0.15, -0.1) is 0 Å². The summed E-state index contributed by atoms with van der Waals surface area (Å²) >= 11 is 0. The molecule has 94 valence electrons. The molecule has 1 rings (SSSR count). The summed E-state index contributed by atoms with van der Waals surface area (Å²) in [5, 5.41) is 6.75. The molecule has 0 spiro atoms. The second-order valence-electron chi connectivity index (χ2n) is 4.74. The number of unbranched alkanes of at least 4 members (excludes halogenated alkanes) is 4. The fourth-order valence-corrected chi connectivity index (χ4v) is 2.16. The van der Waals surface area contributed by atoms with Gasteiger partial charge in [0.2, 0.25) is 0 Å². The third kappa shape index (κ3) is 4.03. The zero-order chi connectivity index (χ0) is 11.8. The van der Waals surface area contributed by atoms with Crippen LogP contribution in [0.1, 0.15) is 58.8 Å². The summed E-state index contributed by atoms with van der Waals surface area (Å²) in [5.41, 5.74) is 0. The van der Waals surface area contributed by atoms with Crippen molar-refractivity contribution in [3.8, 4) is 0 Å². The minimum atomic E-state index is 0.515. The van der Waals surface area contributed by atoms with Gasteiger partial charge in [-0.25, -0.2) is 0 Å². The Bertz CT molecular complexity index is 203. The van der Waals surface area contributed by atoms with Gasteiger partial charge in [0.15, 0.2) is 0 Å². The number of hydrazone groups is 1. The van der Waals surface area contributed by atoms with E-state index in [2.05, 4.69) is 35.9 Å². The van der Waals surface area contributed by atoms with Crippen molar-refractivity contribution in [2.24, 2.45) is 5.10 Å². The molecule has 0 aromatic carbocycles. The van der Waals surface area contributed by atoms with Gasteiger partial charge in [-0.2, -0.15) is 5.10 Å². The molecule has 0 N–H and O–H groups in total. The van der Waals surface area contributed by atoms with Gasteiger partial charge in [-0.3, -0.25) is 5.01 Å². The van der Waals surface area contributed by atoms with Gasteiger partial charge < -0.3 is 4.90 Å². The van der Waals surface area contributed by atoms with Crippen molar-refractivity contribution in [3.05, 3.63) is 0 Å². The molecule has 0 bridgehead atoms. The molecule has 16 heavy (non-hydrogen) atoms. The third-order valence-corrected chi connectivity index (χ3v) is 3.25. The topological polar surface area (TPSA) is 18.8 Å². The van der Waals surface area contributed by atoms with E-state index in [0.29, 0.717) is 6.17 Å². The maximum Gasteiger partial charge on any atom is 0.118 e. The molecule has 3 heteroatoms. The average molecular weight is 225 g/mol. The van der Waals surface area contributed by atoms with E-state index >= 15 is 0 Å². The first kappa shape index (κ1) is 13.3. The van der Waals surface area contributed by atoms with Crippen LogP contribution in [-0.2, 0) is 0 Å². The fraction of sp³-hybridized carbons (Fsp3) is 0.923. The molecule has 0 aromatic heterocycles. The third-order valence-electron chi connectivity index (χ3n) is 3.25. The highest BCUT2D eigenvalue weighted by Gasteiger charge is 2.23. The molecule has 0 aliphatic carbocycles. The molecule has 0 saturated heterocycles. The predicted octanol–water partition coefficient (Wildman–Crippen LogP) is 3.27. The van der Waals surface area contributed by atoms with E-state index in [1.807, 2.05) is 6.34 Å². The predicted molar refractivity (Wildman–Crippen MR) is 70.4 cm³/mol. The molecule has 0 saturated carbocycles. The van der Waals surface area contributed by atoms with Gasteiger partial charge in [0.1, 0.15) is 12.5 Å². The monoisotopic (exact) mass is 225 g/mol. The average Bonchev–Trinajstić information content (AvgIpc) is 2.63. The standard InChI is InChI=1S/C13H27N3/c1-4-6-8-9-11-16-13(10-7-5-2)15(3)12-14-16/h12-13H,4-11H2,1-3H3. The van der Waals surface area contributed by atoms with Crippen molar-refractivity contribution in [2.45, 2.75) is 65.0 Å². The summed E-state index contributed by atoms with van der Waals surface area (Å²) < 4.78 is 0. The van der Waals surface area contributed by atoms with Gasteiger partial charge >= 0.3 is 0 Å². The molecule has 1 atom stereocenters. The van der Waals surface area contributed by atoms with Crippen LogP contribution in [0.15, 0.2) is 5.10 Å². The van der Waals surface area contributed by atoms with Crippen LogP contribution in [0, 0.1) is 0 Å². The van der Waals surface area contributed by atoms with Crippen LogP contribution < -0.4 is 0 Å². The molecular formula is C13H27N3. The Labute approximate surface area is 100 Å². The minimum Gasteiger partial charge on any atom is -0.343 e. The second kappa shape index (κ2) is 7.53. The highest BCUT2D eigenvalue weighted by Crippen LogP contribution is 2.17. The van der Waals surface area contributed by atoms with Crippen LogP contribution in [0.2, 0.25) is 0 Å². The van der Waals surface area contributed by atoms with Crippen molar-refractivity contribution in [2.75, 3.05) is 13.6 Å². The van der Waals surface area contributed by atoms with Crippen LogP contribution in [0.25, 0.3) is 0 Å². The molecule has 0 amide bonds. The number of rotatable bonds is 8. The van der Waals surface area contributed by atoms with E-state index in [9.17, 15) is 0 Å². The van der Waals surface area contributed by atoms with Crippen LogP contribution in [0.3, 0.4) is 0 Å². The van der Waals surface area contributed by atoms with Crippen LogP contribution in [0.4, 0.5) is 0 Å². The maximum absolute atomic E-state index is 4.48. The summed E-state index contributed by atoms with van der Waals surface area (Å²) in [6.07, 6.45) is 11.6. The quantitative estimate of drug-likeness (QED) is 0.590. The summed E-state index contributed by atoms with van der Waals surface area (Å²) in [6, 6.07) is 0. The SMILES string of the molecule is CCCCCCN1N=CN(C)C1CCCC. The fourth-order valence-electron chi connectivity index (χ4n) is 2.16. The van der Waals surface area contributed by atoms with Crippen molar-refractivity contribution >= 4 is 6.34 Å². The molecular weight excluding hydrogens is 198 g/mol. The molecule has 1 unspecified atom stereocenters. The van der Waals surface area contributed by atoms with Crippen molar-refractivity contribution in [3.63, 3.8) is 0 Å². The van der Waals surface area contributed by atoms with Crippen molar-refractivity contribution < 1.29 is 0 Å². The smallest absolute Gasteiger partial charge is 0.118 e. The largest absolute Gasteiger partial charge is 0.343 e. The lowest BCUT2D eigenvalue weighted by Crippen LogP contribution is -2.37. The molecule has 0 fully saturated rings. The first-order valence-corrected chi connectivity index (χ1v) is 6.82. The summed E-state index contributed by atoms with van der Waals surface area (Å²) in [5.74, 6) is 0. The van der Waals surface area contributed by atoms with Gasteiger partial charge in [-0.1, -0.05) is 39.5 Å². The van der Waals surface area contributed by atoms with Gasteiger partial charge in [0.05, 0.1) is 0 Å². The highest BCUT2D eigenvalue weighted by atomic mass is 15.6. The number of nitrogens with zero attached hydrogens (tertiary/aromatic N) is 3. The number of hydrogen-bond acceptors (Lipinski definition) is 3. The van der Waals surface area contributed by atoms with Gasteiger partial charge in [0.25, 0.3) is 0 Å². The number of hydrogen-bond donors (Lipinski definition) is 0. The lowest BCUT2D eigenvalue weighted by molar-refractivity contribution is 0.132. The normalized spacial score (nSPS) is 19.8. The first-order valence-electron chi connectivity index (χ1n) is 6.82. The lowest BCUT2D eigenvalue weighted by atomic mass is 10.1. The van der Waals surface area contributed by atoms with E-state index in [1.165, 1.54) is 44.9 Å². The van der Waals surface area contributed by atoms with E-state index in [1.54, 1.807) is 0 Å². The summed E-state index contributed by atoms with van der Waals surface area (Å²) in [6.45, 7) is 5.63. The molecule has 0 aromatic rings. The Balaban J connectivity index is 2.24. The van der Waals surface area contributed by atoms with Gasteiger partial charge in [-0.05, 0) is 19.3 Å². The Morgan fingerprint density at radius 1 is 1.06 bits per heavy atom. The molecule has 1 heterocycles. The van der Waals surface area contributed by atoms with Gasteiger partial charge in [0, 0.05) is 13.6 Å². The van der Waals surface area contributed by atoms with Crippen LogP contribution >= 0.6 is 0 Å². The molecule has 1 aliphatic heterocycles. The van der Waals surface area contributed by atoms with Crippen LogP contribution in [0.5, 0.6) is 0 Å². The van der Waals surface area contributed by atoms with Crippen molar-refractivity contribution in [1.82, 2.24) is 9.91 Å². The second-order valence-corrected chi connectivity index (χ2v) is 4.74. The zero-order valence-corrected chi connectivity index (χ0v) is 11.2. The zero-order valence-electron chi connectivity index (χ0n) is 11.2.